The van der Waals surface area contributed by atoms with E-state index < -0.39 is 49.5 Å². The molecule has 3 N–H and O–H groups in total. The summed E-state index contributed by atoms with van der Waals surface area (Å²) >= 11 is 6.07. The Kier molecular flexibility index (Phi) is 9.88. The Bertz CT molecular complexity index is 1610. The maximum absolute atomic E-state index is 14.4. The Morgan fingerprint density at radius 3 is 2.51 bits per heavy atom. The van der Waals surface area contributed by atoms with Crippen LogP contribution in [-0.2, 0) is 38.4 Å². The molecule has 15 heteroatoms. The third-order valence-electron chi connectivity index (χ3n) is 8.91. The van der Waals surface area contributed by atoms with Gasteiger partial charge in [-0.25, -0.2) is 14.1 Å². The summed E-state index contributed by atoms with van der Waals surface area (Å²) in [5.74, 6) is -0.905. The maximum Gasteiger partial charge on any atom is 0.459 e. The number of benzene rings is 1. The SMILES string of the molecule is C[C@H](NP(=O)(OC[C@H]1O[C@@](C)(c2ccc3c(N)ncnn23)[C@@H]2OC(C)(C)O[C@@H]21)Oc1ccc(Cl)cc1)C(=O)OC1CCCCCCC1. The van der Waals surface area contributed by atoms with Gasteiger partial charge < -0.3 is 29.2 Å². The highest BCUT2D eigenvalue weighted by Crippen LogP contribution is 2.51. The Balaban J connectivity index is 1.22. The first-order valence-electron chi connectivity index (χ1n) is 16.2. The van der Waals surface area contributed by atoms with Gasteiger partial charge in [0, 0.05) is 5.02 Å². The fourth-order valence-corrected chi connectivity index (χ4v) is 8.22. The molecule has 2 saturated heterocycles. The molecule has 0 bridgehead atoms. The molecule has 0 spiro atoms. The van der Waals surface area contributed by atoms with E-state index >= 15 is 0 Å². The third kappa shape index (κ3) is 7.46. The van der Waals surface area contributed by atoms with Crippen LogP contribution in [0.3, 0.4) is 0 Å². The van der Waals surface area contributed by atoms with Gasteiger partial charge in [-0.05, 0) is 89.8 Å². The van der Waals surface area contributed by atoms with Gasteiger partial charge in [0.2, 0.25) is 0 Å². The molecule has 1 aromatic carbocycles. The van der Waals surface area contributed by atoms with Crippen LogP contribution in [0.4, 0.5) is 5.82 Å². The van der Waals surface area contributed by atoms with Crippen LogP contribution in [-0.4, -0.2) is 63.4 Å². The Morgan fingerprint density at radius 1 is 1.09 bits per heavy atom. The molecule has 1 unspecified atom stereocenters. The van der Waals surface area contributed by atoms with Crippen molar-refractivity contribution in [3.63, 3.8) is 0 Å². The number of ether oxygens (including phenoxy) is 4. The van der Waals surface area contributed by atoms with E-state index in [-0.39, 0.29) is 18.5 Å². The van der Waals surface area contributed by atoms with Crippen molar-refractivity contribution in [2.24, 2.45) is 0 Å². The molecular formula is C32H43ClN5O8P. The van der Waals surface area contributed by atoms with Crippen LogP contribution in [0.25, 0.3) is 5.52 Å². The molecule has 2 aromatic heterocycles. The minimum Gasteiger partial charge on any atom is -0.461 e. The van der Waals surface area contributed by atoms with E-state index in [1.165, 1.54) is 12.7 Å². The van der Waals surface area contributed by atoms with Crippen LogP contribution in [0.2, 0.25) is 5.02 Å². The Morgan fingerprint density at radius 2 is 1.79 bits per heavy atom. The maximum atomic E-state index is 14.4. The monoisotopic (exact) mass is 691 g/mol. The number of esters is 1. The Labute approximate surface area is 279 Å². The number of nitrogens with one attached hydrogen (secondary N) is 1. The molecule has 0 radical (unpaired) electrons. The largest absolute Gasteiger partial charge is 0.461 e. The molecule has 3 fully saturated rings. The quantitative estimate of drug-likeness (QED) is 0.191. The third-order valence-corrected chi connectivity index (χ3v) is 10.8. The second-order valence-electron chi connectivity index (χ2n) is 13.0. The summed E-state index contributed by atoms with van der Waals surface area (Å²) in [5, 5.41) is 7.67. The van der Waals surface area contributed by atoms with E-state index in [0.717, 1.165) is 38.5 Å². The van der Waals surface area contributed by atoms with E-state index in [9.17, 15) is 9.36 Å². The van der Waals surface area contributed by atoms with Crippen LogP contribution >= 0.6 is 19.3 Å². The minimum absolute atomic E-state index is 0.181. The number of hydrogen-bond acceptors (Lipinski definition) is 11. The Hall–Kier alpha value is -2.77. The van der Waals surface area contributed by atoms with Gasteiger partial charge in [0.05, 0.1) is 12.3 Å². The van der Waals surface area contributed by atoms with Gasteiger partial charge in [0.25, 0.3) is 0 Å². The number of hydrogen-bond donors (Lipinski definition) is 2. The summed E-state index contributed by atoms with van der Waals surface area (Å²) in [5.41, 5.74) is 6.32. The first kappa shape index (κ1) is 34.1. The minimum atomic E-state index is -4.22. The van der Waals surface area contributed by atoms with Gasteiger partial charge in [-0.2, -0.15) is 10.2 Å². The van der Waals surface area contributed by atoms with Crippen molar-refractivity contribution in [3.8, 4) is 5.75 Å². The van der Waals surface area contributed by atoms with Crippen LogP contribution < -0.4 is 15.3 Å². The predicted molar refractivity (Wildman–Crippen MR) is 174 cm³/mol. The second-order valence-corrected chi connectivity index (χ2v) is 15.2. The molecule has 3 aromatic rings. The molecule has 3 aliphatic rings. The molecule has 1 saturated carbocycles. The first-order chi connectivity index (χ1) is 22.4. The van der Waals surface area contributed by atoms with Crippen molar-refractivity contribution in [1.29, 1.82) is 0 Å². The molecule has 256 valence electrons. The average molecular weight is 692 g/mol. The summed E-state index contributed by atoms with van der Waals surface area (Å²) in [6, 6.07) is 9.02. The zero-order chi connectivity index (χ0) is 33.4. The van der Waals surface area contributed by atoms with Crippen molar-refractivity contribution in [3.05, 3.63) is 53.4 Å². The number of nitrogens with two attached hydrogens (primary N) is 1. The number of nitrogen functional groups attached to an aromatic ring is 1. The van der Waals surface area contributed by atoms with Crippen molar-refractivity contribution in [1.82, 2.24) is 19.7 Å². The molecule has 0 amide bonds. The normalized spacial score (nSPS) is 28.2. The topological polar surface area (TPSA) is 158 Å². The zero-order valence-electron chi connectivity index (χ0n) is 27.1. The van der Waals surface area contributed by atoms with E-state index in [1.54, 1.807) is 35.7 Å². The molecule has 2 aliphatic heterocycles. The van der Waals surface area contributed by atoms with Crippen molar-refractivity contribution in [2.45, 2.75) is 114 Å². The van der Waals surface area contributed by atoms with Gasteiger partial charge in [-0.3, -0.25) is 9.32 Å². The lowest BCUT2D eigenvalue weighted by Crippen LogP contribution is -2.39. The standard InChI is InChI=1S/C32H43ClN5O8P/c1-20(30(39)42-22-10-8-6-5-7-9-11-22)37-47(40,46-23-14-12-21(33)13-15-23)41-18-25-27-28(45-31(2,3)44-27)32(4,43-25)26-17-16-24-29(34)35-19-36-38(24)26/h12-17,19-20,22,25,27-28H,5-11,18H2,1-4H3,(H,37,40)(H2,34,35,36)/t20-,25+,27+,28+,32-,47?/m0/s1. The molecule has 1 aliphatic carbocycles. The number of anilines is 1. The number of nitrogens with zero attached hydrogens (tertiary/aromatic N) is 3. The van der Waals surface area contributed by atoms with Crippen molar-refractivity contribution in [2.75, 3.05) is 12.3 Å². The van der Waals surface area contributed by atoms with Gasteiger partial charge in [-0.15, -0.1) is 0 Å². The molecule has 47 heavy (non-hydrogen) atoms. The van der Waals surface area contributed by atoms with E-state index in [1.807, 2.05) is 32.9 Å². The summed E-state index contributed by atoms with van der Waals surface area (Å²) in [7, 11) is -4.22. The molecule has 4 heterocycles. The molecule has 6 rings (SSSR count). The van der Waals surface area contributed by atoms with Gasteiger partial charge in [-0.1, -0.05) is 30.9 Å². The van der Waals surface area contributed by atoms with Crippen LogP contribution in [0.5, 0.6) is 5.75 Å². The van der Waals surface area contributed by atoms with E-state index in [0.29, 0.717) is 22.1 Å². The van der Waals surface area contributed by atoms with Gasteiger partial charge in [0.1, 0.15) is 53.7 Å². The van der Waals surface area contributed by atoms with Gasteiger partial charge in [0.15, 0.2) is 11.6 Å². The highest BCUT2D eigenvalue weighted by atomic mass is 35.5. The number of fused-ring (bicyclic) bond motifs is 2. The lowest BCUT2D eigenvalue weighted by molar-refractivity contribution is -0.212. The molecule has 13 nitrogen and oxygen atoms in total. The van der Waals surface area contributed by atoms with Crippen molar-refractivity contribution >= 4 is 36.7 Å². The van der Waals surface area contributed by atoms with Crippen LogP contribution in [0, 0.1) is 0 Å². The van der Waals surface area contributed by atoms with E-state index in [2.05, 4.69) is 15.2 Å². The average Bonchev–Trinajstić information content (AvgIpc) is 3.66. The lowest BCUT2D eigenvalue weighted by Gasteiger charge is -2.31. The smallest absolute Gasteiger partial charge is 0.459 e. The predicted octanol–water partition coefficient (Wildman–Crippen LogP) is 5.94. The summed E-state index contributed by atoms with van der Waals surface area (Å²) in [4.78, 5) is 17.3. The zero-order valence-corrected chi connectivity index (χ0v) is 28.7. The second kappa shape index (κ2) is 13.6. The number of rotatable bonds is 10. The first-order valence-corrected chi connectivity index (χ1v) is 18.1. The highest BCUT2D eigenvalue weighted by Gasteiger charge is 2.62. The summed E-state index contributed by atoms with van der Waals surface area (Å²) in [6.45, 7) is 6.87. The fraction of sp³-hybridized carbons (Fsp3) is 0.594. The van der Waals surface area contributed by atoms with Crippen molar-refractivity contribution < 1.29 is 37.4 Å². The number of halogens is 1. The number of carbonyl (C=O) groups excluding carboxylic acids is 1. The summed E-state index contributed by atoms with van der Waals surface area (Å²) in [6.07, 6.45) is 6.33. The number of aromatic nitrogens is 3. The van der Waals surface area contributed by atoms with Crippen LogP contribution in [0.15, 0.2) is 42.7 Å². The fourth-order valence-electron chi connectivity index (χ4n) is 6.59. The number of carbonyl (C=O) groups is 1. The highest BCUT2D eigenvalue weighted by molar-refractivity contribution is 7.52. The van der Waals surface area contributed by atoms with Crippen LogP contribution in [0.1, 0.15) is 78.3 Å². The molecule has 6 atom stereocenters. The summed E-state index contributed by atoms with van der Waals surface area (Å²) < 4.78 is 53.1. The molecular weight excluding hydrogens is 649 g/mol. The lowest BCUT2D eigenvalue weighted by atomic mass is 9.93. The van der Waals surface area contributed by atoms with E-state index in [4.69, 9.17) is 45.3 Å². The van der Waals surface area contributed by atoms with Gasteiger partial charge >= 0.3 is 13.7 Å².